The van der Waals surface area contributed by atoms with Gasteiger partial charge in [-0.15, -0.1) is 0 Å². The Balaban J connectivity index is 4.11. The number of aliphatic hydroxyl groups is 2. The van der Waals surface area contributed by atoms with E-state index >= 15 is 0 Å². The smallest absolute Gasteiger partial charge is 0.457 e. The van der Waals surface area contributed by atoms with Gasteiger partial charge in [0.05, 0.1) is 26.4 Å². The van der Waals surface area contributed by atoms with Gasteiger partial charge in [0.2, 0.25) is 0 Å². The van der Waals surface area contributed by atoms with Crippen LogP contribution in [0.3, 0.4) is 0 Å². The predicted octanol–water partition coefficient (Wildman–Crippen LogP) is 9.69. The van der Waals surface area contributed by atoms with Crippen molar-refractivity contribution in [2.24, 2.45) is 0 Å². The average molecular weight is 703 g/mol. The maximum atomic E-state index is 12.4. The van der Waals surface area contributed by atoms with Gasteiger partial charge in [0.1, 0.15) is 12.2 Å². The molecule has 48 heavy (non-hydrogen) atoms. The first-order valence-electron chi connectivity index (χ1n) is 19.0. The lowest BCUT2D eigenvalue weighted by Crippen LogP contribution is -2.29. The molecule has 9 nitrogen and oxygen atoms in total. The van der Waals surface area contributed by atoms with Gasteiger partial charge in [-0.2, -0.15) is 0 Å². The van der Waals surface area contributed by atoms with Crippen molar-refractivity contribution < 1.29 is 43.0 Å². The number of carbonyl (C=O) groups is 1. The largest absolute Gasteiger partial charge is 0.472 e. The maximum absolute atomic E-state index is 12.4. The highest BCUT2D eigenvalue weighted by Gasteiger charge is 2.26. The standard InChI is InChI=1S/C38H71O9P/c1-3-5-7-9-11-12-13-14-15-16-17-18-19-20-21-22-23-25-27-29-31-44-34-37(35-46-48(42,43)45-33-36(40)32-39)47-38(41)30-28-26-24-10-8-6-4-2/h11-12,14-15,17-18,36-37,39-40H,3-10,13,16,19-35H2,1-2H3,(H,42,43)/b12-11-,15-14-,18-17-. The highest BCUT2D eigenvalue weighted by Crippen LogP contribution is 2.43. The number of rotatable bonds is 36. The minimum Gasteiger partial charge on any atom is -0.457 e. The van der Waals surface area contributed by atoms with Gasteiger partial charge in [-0.25, -0.2) is 4.57 Å². The van der Waals surface area contributed by atoms with Crippen LogP contribution in [0.5, 0.6) is 0 Å². The van der Waals surface area contributed by atoms with E-state index in [2.05, 4.69) is 50.3 Å². The summed E-state index contributed by atoms with van der Waals surface area (Å²) in [6, 6.07) is 0. The van der Waals surface area contributed by atoms with E-state index in [-0.39, 0.29) is 19.6 Å². The summed E-state index contributed by atoms with van der Waals surface area (Å²) < 4.78 is 33.1. The number of ether oxygens (including phenoxy) is 2. The van der Waals surface area contributed by atoms with E-state index in [0.717, 1.165) is 64.2 Å². The SMILES string of the molecule is CCCCC/C=C\C/C=C\C/C=C\CCCCCCCCCOCC(COP(=O)(O)OCC(O)CO)OC(=O)CCCCCCCCC. The summed E-state index contributed by atoms with van der Waals surface area (Å²) in [5, 5.41) is 18.2. The van der Waals surface area contributed by atoms with Gasteiger partial charge in [0.25, 0.3) is 0 Å². The monoisotopic (exact) mass is 702 g/mol. The van der Waals surface area contributed by atoms with Crippen LogP contribution in [0.1, 0.15) is 155 Å². The Morgan fingerprint density at radius 3 is 1.73 bits per heavy atom. The fourth-order valence-corrected chi connectivity index (χ4v) is 5.68. The Morgan fingerprint density at radius 1 is 0.646 bits per heavy atom. The van der Waals surface area contributed by atoms with E-state index in [1.165, 1.54) is 70.6 Å². The van der Waals surface area contributed by atoms with Crippen molar-refractivity contribution in [1.82, 2.24) is 0 Å². The van der Waals surface area contributed by atoms with E-state index < -0.39 is 39.2 Å². The van der Waals surface area contributed by atoms with Gasteiger partial charge in [-0.1, -0.05) is 134 Å². The molecule has 0 amide bonds. The summed E-state index contributed by atoms with van der Waals surface area (Å²) in [4.78, 5) is 22.3. The lowest BCUT2D eigenvalue weighted by Gasteiger charge is -2.20. The number of carbonyl (C=O) groups excluding carboxylic acids is 1. The number of aliphatic hydroxyl groups excluding tert-OH is 2. The van der Waals surface area contributed by atoms with Crippen LogP contribution in [0.4, 0.5) is 0 Å². The quantitative estimate of drug-likeness (QED) is 0.0253. The lowest BCUT2D eigenvalue weighted by atomic mass is 10.1. The fourth-order valence-electron chi connectivity index (χ4n) is 4.89. The minimum absolute atomic E-state index is 0.0432. The van der Waals surface area contributed by atoms with Gasteiger partial charge in [-0.3, -0.25) is 13.8 Å². The average Bonchev–Trinajstić information content (AvgIpc) is 3.07. The van der Waals surface area contributed by atoms with Crippen LogP contribution in [0.2, 0.25) is 0 Å². The van der Waals surface area contributed by atoms with Gasteiger partial charge in [0.15, 0.2) is 0 Å². The normalized spacial score (nSPS) is 14.7. The number of phosphoric acid groups is 1. The van der Waals surface area contributed by atoms with E-state index in [1.807, 2.05) is 0 Å². The first-order chi connectivity index (χ1) is 23.3. The number of unbranched alkanes of at least 4 members (excludes halogenated alkanes) is 16. The molecule has 0 saturated heterocycles. The second-order valence-corrected chi connectivity index (χ2v) is 14.1. The zero-order chi connectivity index (χ0) is 35.4. The Labute approximate surface area is 293 Å². The summed E-state index contributed by atoms with van der Waals surface area (Å²) in [5.41, 5.74) is 0. The van der Waals surface area contributed by atoms with Crippen molar-refractivity contribution >= 4 is 13.8 Å². The van der Waals surface area contributed by atoms with Crippen LogP contribution in [-0.4, -0.2) is 66.3 Å². The summed E-state index contributed by atoms with van der Waals surface area (Å²) in [7, 11) is -4.51. The molecule has 0 aromatic carbocycles. The predicted molar refractivity (Wildman–Crippen MR) is 196 cm³/mol. The topological polar surface area (TPSA) is 132 Å². The summed E-state index contributed by atoms with van der Waals surface area (Å²) >= 11 is 0. The third-order valence-corrected chi connectivity index (χ3v) is 8.78. The van der Waals surface area contributed by atoms with E-state index in [9.17, 15) is 19.4 Å². The maximum Gasteiger partial charge on any atom is 0.472 e. The van der Waals surface area contributed by atoms with Crippen LogP contribution < -0.4 is 0 Å². The molecule has 10 heteroatoms. The van der Waals surface area contributed by atoms with Crippen molar-refractivity contribution in [2.45, 2.75) is 167 Å². The van der Waals surface area contributed by atoms with Crippen LogP contribution >= 0.6 is 7.82 Å². The summed E-state index contributed by atoms with van der Waals surface area (Å²) in [6.07, 6.45) is 35.5. The molecule has 0 aromatic heterocycles. The molecule has 0 aliphatic carbocycles. The van der Waals surface area contributed by atoms with Crippen molar-refractivity contribution in [3.05, 3.63) is 36.5 Å². The van der Waals surface area contributed by atoms with Crippen LogP contribution in [0.25, 0.3) is 0 Å². The number of hydrogen-bond acceptors (Lipinski definition) is 8. The van der Waals surface area contributed by atoms with Crippen molar-refractivity contribution in [3.8, 4) is 0 Å². The van der Waals surface area contributed by atoms with Crippen LogP contribution in [-0.2, 0) is 27.9 Å². The molecular weight excluding hydrogens is 631 g/mol. The molecule has 3 unspecified atom stereocenters. The molecule has 0 saturated carbocycles. The van der Waals surface area contributed by atoms with E-state index in [0.29, 0.717) is 6.61 Å². The van der Waals surface area contributed by atoms with Crippen LogP contribution in [0.15, 0.2) is 36.5 Å². The second-order valence-electron chi connectivity index (χ2n) is 12.6. The second kappa shape index (κ2) is 35.5. The first kappa shape index (κ1) is 46.7. The molecule has 0 aromatic rings. The molecule has 0 bridgehead atoms. The molecule has 3 N–H and O–H groups in total. The highest BCUT2D eigenvalue weighted by atomic mass is 31.2. The number of allylic oxidation sites excluding steroid dienone is 6. The molecular formula is C38H71O9P. The van der Waals surface area contributed by atoms with E-state index in [1.54, 1.807) is 0 Å². The molecule has 0 radical (unpaired) electrons. The van der Waals surface area contributed by atoms with Gasteiger partial charge in [0, 0.05) is 13.0 Å². The molecule has 282 valence electrons. The number of hydrogen-bond donors (Lipinski definition) is 3. The molecule has 0 aliphatic rings. The Morgan fingerprint density at radius 2 is 1.12 bits per heavy atom. The van der Waals surface area contributed by atoms with Gasteiger partial charge in [-0.05, 0) is 51.4 Å². The minimum atomic E-state index is -4.51. The summed E-state index contributed by atoms with van der Waals surface area (Å²) in [5.74, 6) is -0.394. The third-order valence-electron chi connectivity index (χ3n) is 7.83. The van der Waals surface area contributed by atoms with Crippen molar-refractivity contribution in [1.29, 1.82) is 0 Å². The molecule has 0 aliphatic heterocycles. The third kappa shape index (κ3) is 34.5. The van der Waals surface area contributed by atoms with Gasteiger partial charge < -0.3 is 24.6 Å². The zero-order valence-corrected chi connectivity index (χ0v) is 31.3. The Kier molecular flexibility index (Phi) is 34.5. The highest BCUT2D eigenvalue weighted by molar-refractivity contribution is 7.47. The number of phosphoric ester groups is 1. The Hall–Kier alpha value is -1.32. The molecule has 0 fully saturated rings. The number of esters is 1. The molecule has 3 atom stereocenters. The van der Waals surface area contributed by atoms with Crippen LogP contribution in [0, 0.1) is 0 Å². The van der Waals surface area contributed by atoms with Crippen molar-refractivity contribution in [3.63, 3.8) is 0 Å². The first-order valence-corrected chi connectivity index (χ1v) is 20.5. The lowest BCUT2D eigenvalue weighted by molar-refractivity contribution is -0.154. The fraction of sp³-hybridized carbons (Fsp3) is 0.816. The molecule has 0 rings (SSSR count). The Bertz CT molecular complexity index is 846. The van der Waals surface area contributed by atoms with E-state index in [4.69, 9.17) is 23.6 Å². The van der Waals surface area contributed by atoms with Gasteiger partial charge >= 0.3 is 13.8 Å². The van der Waals surface area contributed by atoms with Crippen molar-refractivity contribution in [2.75, 3.05) is 33.0 Å². The summed E-state index contributed by atoms with van der Waals surface area (Å²) in [6.45, 7) is 3.40. The molecule has 0 spiro atoms. The molecule has 0 heterocycles. The zero-order valence-electron chi connectivity index (χ0n) is 30.4.